The molecule has 1 aromatic heterocycles. The standard InChI is InChI=1S/C17H26N4/c1-11(2)9-21-16-8-15(10-20-14(16)5)17(19-7)12(3)13(4)18-6/h8-11,18H,1-7H3/b13-12+,19-17+,21-9-. The monoisotopic (exact) mass is 286 g/mol. The van der Waals surface area contributed by atoms with E-state index in [0.717, 1.165) is 33.9 Å². The smallest absolute Gasteiger partial charge is 0.0844 e. The number of hydrogen-bond donors (Lipinski definition) is 1. The van der Waals surface area contributed by atoms with Gasteiger partial charge in [0.05, 0.1) is 17.1 Å². The number of hydrogen-bond acceptors (Lipinski definition) is 4. The fourth-order valence-electron chi connectivity index (χ4n) is 1.89. The van der Waals surface area contributed by atoms with Gasteiger partial charge in [0, 0.05) is 37.8 Å². The maximum atomic E-state index is 4.53. The highest BCUT2D eigenvalue weighted by atomic mass is 14.8. The summed E-state index contributed by atoms with van der Waals surface area (Å²) in [5.74, 6) is 0.417. The van der Waals surface area contributed by atoms with Crippen molar-refractivity contribution in [3.63, 3.8) is 0 Å². The van der Waals surface area contributed by atoms with Crippen molar-refractivity contribution in [3.05, 3.63) is 34.8 Å². The Hall–Kier alpha value is -1.97. The normalized spacial score (nSPS) is 13.8. The Balaban J connectivity index is 3.28. The third kappa shape index (κ3) is 4.52. The highest BCUT2D eigenvalue weighted by Gasteiger charge is 2.10. The fourth-order valence-corrected chi connectivity index (χ4v) is 1.89. The number of nitrogens with one attached hydrogen (secondary N) is 1. The van der Waals surface area contributed by atoms with Gasteiger partial charge in [-0.05, 0) is 38.3 Å². The van der Waals surface area contributed by atoms with Crippen molar-refractivity contribution in [2.45, 2.75) is 34.6 Å². The second-order valence-electron chi connectivity index (χ2n) is 5.42. The van der Waals surface area contributed by atoms with Crippen molar-refractivity contribution in [2.75, 3.05) is 14.1 Å². The average molecular weight is 286 g/mol. The second kappa shape index (κ2) is 7.72. The molecule has 0 bridgehead atoms. The van der Waals surface area contributed by atoms with Gasteiger partial charge in [-0.3, -0.25) is 15.0 Å². The van der Waals surface area contributed by atoms with Crippen LogP contribution in [0.5, 0.6) is 0 Å². The Labute approximate surface area is 128 Å². The Bertz CT molecular complexity index is 580. The molecule has 0 atom stereocenters. The summed E-state index contributed by atoms with van der Waals surface area (Å²) in [5, 5.41) is 3.16. The summed E-state index contributed by atoms with van der Waals surface area (Å²) in [7, 11) is 3.72. The lowest BCUT2D eigenvalue weighted by atomic mass is 10.0. The molecule has 21 heavy (non-hydrogen) atoms. The average Bonchev–Trinajstić information content (AvgIpc) is 2.46. The molecule has 0 aliphatic rings. The molecule has 114 valence electrons. The van der Waals surface area contributed by atoms with E-state index in [1.54, 1.807) is 7.05 Å². The van der Waals surface area contributed by atoms with Crippen LogP contribution < -0.4 is 5.32 Å². The maximum absolute atomic E-state index is 4.53. The molecule has 0 fully saturated rings. The lowest BCUT2D eigenvalue weighted by Gasteiger charge is -2.12. The molecule has 1 aromatic rings. The van der Waals surface area contributed by atoms with Crippen molar-refractivity contribution in [1.29, 1.82) is 0 Å². The number of allylic oxidation sites excluding steroid dienone is 2. The SMILES string of the molecule is C/N=C(\C(C)=C(/C)NC)c1cnc(C)c(/N=C\C(C)C)c1. The highest BCUT2D eigenvalue weighted by molar-refractivity contribution is 6.12. The number of aromatic nitrogens is 1. The molecule has 0 aliphatic carbocycles. The van der Waals surface area contributed by atoms with E-state index < -0.39 is 0 Å². The summed E-state index contributed by atoms with van der Waals surface area (Å²) >= 11 is 0. The first kappa shape index (κ1) is 17.1. The van der Waals surface area contributed by atoms with Gasteiger partial charge >= 0.3 is 0 Å². The van der Waals surface area contributed by atoms with E-state index in [0.29, 0.717) is 5.92 Å². The lowest BCUT2D eigenvalue weighted by Crippen LogP contribution is -2.12. The van der Waals surface area contributed by atoms with Crippen molar-refractivity contribution in [3.8, 4) is 0 Å². The first-order valence-electron chi connectivity index (χ1n) is 7.24. The van der Waals surface area contributed by atoms with E-state index in [1.165, 1.54) is 0 Å². The summed E-state index contributed by atoms with van der Waals surface area (Å²) < 4.78 is 0. The van der Waals surface area contributed by atoms with Crippen LogP contribution in [-0.2, 0) is 0 Å². The van der Waals surface area contributed by atoms with Crippen LogP contribution >= 0.6 is 0 Å². The molecule has 0 saturated heterocycles. The number of nitrogens with zero attached hydrogens (tertiary/aromatic N) is 3. The summed E-state index contributed by atoms with van der Waals surface area (Å²) in [6.07, 6.45) is 3.80. The minimum atomic E-state index is 0.417. The minimum Gasteiger partial charge on any atom is -0.391 e. The van der Waals surface area contributed by atoms with Crippen LogP contribution in [0.15, 0.2) is 33.5 Å². The van der Waals surface area contributed by atoms with Crippen LogP contribution in [0.2, 0.25) is 0 Å². The summed E-state index contributed by atoms with van der Waals surface area (Å²) in [4.78, 5) is 13.4. The molecule has 0 amide bonds. The Morgan fingerprint density at radius 3 is 2.52 bits per heavy atom. The first-order chi connectivity index (χ1) is 9.90. The van der Waals surface area contributed by atoms with E-state index >= 15 is 0 Å². The molecule has 0 aromatic carbocycles. The van der Waals surface area contributed by atoms with Crippen molar-refractivity contribution < 1.29 is 0 Å². The minimum absolute atomic E-state index is 0.417. The van der Waals surface area contributed by atoms with Gasteiger partial charge in [-0.1, -0.05) is 13.8 Å². The quantitative estimate of drug-likeness (QED) is 0.839. The second-order valence-corrected chi connectivity index (χ2v) is 5.42. The Morgan fingerprint density at radius 1 is 1.33 bits per heavy atom. The van der Waals surface area contributed by atoms with E-state index in [1.807, 2.05) is 33.3 Å². The van der Waals surface area contributed by atoms with Gasteiger partial charge in [0.25, 0.3) is 0 Å². The predicted molar refractivity (Wildman–Crippen MR) is 91.9 cm³/mol. The first-order valence-corrected chi connectivity index (χ1v) is 7.24. The van der Waals surface area contributed by atoms with Gasteiger partial charge in [-0.15, -0.1) is 0 Å². The summed E-state index contributed by atoms with van der Waals surface area (Å²) in [6.45, 7) is 10.3. The third-order valence-corrected chi connectivity index (χ3v) is 3.36. The van der Waals surface area contributed by atoms with Crippen molar-refractivity contribution >= 4 is 17.6 Å². The van der Waals surface area contributed by atoms with Gasteiger partial charge < -0.3 is 5.32 Å². The fraction of sp³-hybridized carbons (Fsp3) is 0.471. The van der Waals surface area contributed by atoms with Crippen LogP contribution in [-0.4, -0.2) is 31.0 Å². The van der Waals surface area contributed by atoms with Crippen LogP contribution in [0.1, 0.15) is 39.0 Å². The molecule has 0 saturated carbocycles. The lowest BCUT2D eigenvalue weighted by molar-refractivity contribution is 0.907. The van der Waals surface area contributed by atoms with Crippen LogP contribution in [0.4, 0.5) is 5.69 Å². The highest BCUT2D eigenvalue weighted by Crippen LogP contribution is 2.21. The molecular formula is C17H26N4. The molecular weight excluding hydrogens is 260 g/mol. The molecule has 0 spiro atoms. The Morgan fingerprint density at radius 2 is 2.00 bits per heavy atom. The van der Waals surface area contributed by atoms with Gasteiger partial charge in [0.1, 0.15) is 0 Å². The van der Waals surface area contributed by atoms with E-state index in [-0.39, 0.29) is 0 Å². The Kier molecular flexibility index (Phi) is 6.28. The molecule has 4 nitrogen and oxygen atoms in total. The van der Waals surface area contributed by atoms with Crippen molar-refractivity contribution in [1.82, 2.24) is 10.3 Å². The number of rotatable bonds is 5. The van der Waals surface area contributed by atoms with Gasteiger partial charge in [-0.2, -0.15) is 0 Å². The predicted octanol–water partition coefficient (Wildman–Crippen LogP) is 3.68. The molecule has 4 heteroatoms. The molecule has 1 N–H and O–H groups in total. The zero-order valence-electron chi connectivity index (χ0n) is 14.2. The molecule has 1 heterocycles. The van der Waals surface area contributed by atoms with Gasteiger partial charge in [0.15, 0.2) is 0 Å². The van der Waals surface area contributed by atoms with Crippen LogP contribution in [0.3, 0.4) is 0 Å². The number of aliphatic imine (C=N–C) groups is 2. The van der Waals surface area contributed by atoms with E-state index in [4.69, 9.17) is 0 Å². The van der Waals surface area contributed by atoms with Gasteiger partial charge in [-0.25, -0.2) is 0 Å². The largest absolute Gasteiger partial charge is 0.391 e. The third-order valence-electron chi connectivity index (χ3n) is 3.36. The maximum Gasteiger partial charge on any atom is 0.0844 e. The van der Waals surface area contributed by atoms with Crippen LogP contribution in [0, 0.1) is 12.8 Å². The van der Waals surface area contributed by atoms with Gasteiger partial charge in [0.2, 0.25) is 0 Å². The number of pyridine rings is 1. The van der Waals surface area contributed by atoms with Crippen molar-refractivity contribution in [2.24, 2.45) is 15.9 Å². The molecule has 1 rings (SSSR count). The van der Waals surface area contributed by atoms with E-state index in [9.17, 15) is 0 Å². The van der Waals surface area contributed by atoms with Crippen LogP contribution in [0.25, 0.3) is 0 Å². The van der Waals surface area contributed by atoms with E-state index in [2.05, 4.69) is 47.1 Å². The number of aryl methyl sites for hydroxylation is 1. The summed E-state index contributed by atoms with van der Waals surface area (Å²) in [5.41, 5.74) is 5.98. The molecule has 0 aliphatic heterocycles. The topological polar surface area (TPSA) is 49.6 Å². The zero-order chi connectivity index (χ0) is 16.0. The zero-order valence-corrected chi connectivity index (χ0v) is 14.2. The molecule has 0 radical (unpaired) electrons. The molecule has 0 unspecified atom stereocenters. The summed E-state index contributed by atoms with van der Waals surface area (Å²) in [6, 6.07) is 2.05.